The summed E-state index contributed by atoms with van der Waals surface area (Å²) in [6, 6.07) is 0. The van der Waals surface area contributed by atoms with E-state index in [4.69, 9.17) is 6.42 Å². The average molecular weight is 330 g/mol. The number of rotatable bonds is 0. The van der Waals surface area contributed by atoms with Crippen molar-refractivity contribution in [2.75, 3.05) is 0 Å². The van der Waals surface area contributed by atoms with Gasteiger partial charge >= 0.3 is 0 Å². The highest BCUT2D eigenvalue weighted by molar-refractivity contribution is 5.91. The van der Waals surface area contributed by atoms with Gasteiger partial charge < -0.3 is 5.11 Å². The lowest BCUT2D eigenvalue weighted by Crippen LogP contribution is -2.58. The van der Waals surface area contributed by atoms with Crippen molar-refractivity contribution < 1.29 is 14.3 Å². The van der Waals surface area contributed by atoms with Crippen molar-refractivity contribution in [3.63, 3.8) is 0 Å². The van der Waals surface area contributed by atoms with Gasteiger partial charge in [-0.2, -0.15) is 0 Å². The molecule has 4 aliphatic carbocycles. The minimum atomic E-state index is -1.17. The van der Waals surface area contributed by atoms with E-state index in [-0.39, 0.29) is 29.0 Å². The SMILES string of the molecule is C#C[C@]1(O)CC[C@H]2[C@@H]3CCC4=CC(=O)CC[C@]4(C)[C@H]3[C@@H](F)C[C@@]21C. The molecule has 0 unspecified atom stereocenters. The van der Waals surface area contributed by atoms with Crippen molar-refractivity contribution in [1.29, 1.82) is 0 Å². The van der Waals surface area contributed by atoms with E-state index in [1.54, 1.807) is 6.08 Å². The molecule has 2 nitrogen and oxygen atoms in total. The second-order valence-electron chi connectivity index (χ2n) is 9.07. The number of aliphatic hydroxyl groups is 1. The summed E-state index contributed by atoms with van der Waals surface area (Å²) in [6.07, 6.45) is 11.4. The monoisotopic (exact) mass is 330 g/mol. The van der Waals surface area contributed by atoms with Crippen LogP contribution in [0.2, 0.25) is 0 Å². The third-order valence-corrected chi connectivity index (χ3v) is 8.25. The number of fused-ring (bicyclic) bond motifs is 5. The first kappa shape index (κ1) is 16.3. The van der Waals surface area contributed by atoms with Gasteiger partial charge in [-0.3, -0.25) is 4.79 Å². The lowest BCUT2D eigenvalue weighted by Gasteiger charge is -2.59. The Kier molecular flexibility index (Phi) is 3.37. The Morgan fingerprint density at radius 1 is 1.29 bits per heavy atom. The minimum Gasteiger partial charge on any atom is -0.377 e. The lowest BCUT2D eigenvalue weighted by molar-refractivity contribution is -0.137. The molecule has 0 radical (unpaired) electrons. The van der Waals surface area contributed by atoms with Crippen molar-refractivity contribution in [3.8, 4) is 12.3 Å². The number of hydrogen-bond acceptors (Lipinski definition) is 2. The third kappa shape index (κ3) is 1.84. The zero-order valence-corrected chi connectivity index (χ0v) is 14.6. The zero-order valence-electron chi connectivity index (χ0n) is 14.6. The molecule has 7 atom stereocenters. The van der Waals surface area contributed by atoms with Crippen molar-refractivity contribution in [2.45, 2.75) is 70.6 Å². The standard InChI is InChI=1S/C21H27FO2/c1-4-21(24)10-8-16-15-6-5-13-11-14(23)7-9-19(13,2)18(15)17(22)12-20(16,21)3/h1,11,15-18,24H,5-10,12H2,2-3H3/t15-,16-,17-,18+,19-,20-,21-/m0/s1. The Morgan fingerprint density at radius 2 is 2.04 bits per heavy atom. The molecule has 0 bridgehead atoms. The normalized spacial score (nSPS) is 53.5. The van der Waals surface area contributed by atoms with Crippen LogP contribution in [0, 0.1) is 40.9 Å². The van der Waals surface area contributed by atoms with Crippen LogP contribution in [0.5, 0.6) is 0 Å². The van der Waals surface area contributed by atoms with Crippen LogP contribution in [-0.2, 0) is 4.79 Å². The number of ketones is 1. The molecule has 0 aliphatic heterocycles. The van der Waals surface area contributed by atoms with Crippen LogP contribution in [0.3, 0.4) is 0 Å². The number of halogens is 1. The molecule has 24 heavy (non-hydrogen) atoms. The van der Waals surface area contributed by atoms with Crippen LogP contribution in [0.25, 0.3) is 0 Å². The van der Waals surface area contributed by atoms with E-state index >= 15 is 4.39 Å². The van der Waals surface area contributed by atoms with Gasteiger partial charge in [0, 0.05) is 17.8 Å². The van der Waals surface area contributed by atoms with Gasteiger partial charge in [0.1, 0.15) is 11.8 Å². The van der Waals surface area contributed by atoms with E-state index in [2.05, 4.69) is 12.8 Å². The topological polar surface area (TPSA) is 37.3 Å². The average Bonchev–Trinajstić information content (AvgIpc) is 2.79. The van der Waals surface area contributed by atoms with Crippen LogP contribution in [0.15, 0.2) is 11.6 Å². The molecule has 1 N–H and O–H groups in total. The molecule has 3 saturated carbocycles. The fourth-order valence-corrected chi connectivity index (χ4v) is 6.86. The van der Waals surface area contributed by atoms with Crippen molar-refractivity contribution in [3.05, 3.63) is 11.6 Å². The maximum Gasteiger partial charge on any atom is 0.155 e. The first-order valence-corrected chi connectivity index (χ1v) is 9.33. The Balaban J connectivity index is 1.76. The fraction of sp³-hybridized carbons (Fsp3) is 0.762. The van der Waals surface area contributed by atoms with E-state index in [1.165, 1.54) is 0 Å². The van der Waals surface area contributed by atoms with Crippen LogP contribution in [-0.4, -0.2) is 22.7 Å². The largest absolute Gasteiger partial charge is 0.377 e. The summed E-state index contributed by atoms with van der Waals surface area (Å²) < 4.78 is 15.5. The predicted molar refractivity (Wildman–Crippen MR) is 90.8 cm³/mol. The molecular formula is C21H27FO2. The van der Waals surface area contributed by atoms with Gasteiger partial charge in [0.15, 0.2) is 5.78 Å². The van der Waals surface area contributed by atoms with E-state index in [0.717, 1.165) is 31.3 Å². The van der Waals surface area contributed by atoms with Crippen molar-refractivity contribution in [2.24, 2.45) is 28.6 Å². The van der Waals surface area contributed by atoms with Crippen LogP contribution >= 0.6 is 0 Å². The molecule has 4 rings (SSSR count). The molecular weight excluding hydrogens is 303 g/mol. The first-order valence-electron chi connectivity index (χ1n) is 9.33. The Labute approximate surface area is 143 Å². The molecule has 3 heteroatoms. The van der Waals surface area contributed by atoms with Gasteiger partial charge in [-0.25, -0.2) is 4.39 Å². The maximum atomic E-state index is 15.5. The van der Waals surface area contributed by atoms with E-state index < -0.39 is 17.2 Å². The molecule has 0 heterocycles. The van der Waals surface area contributed by atoms with Gasteiger partial charge in [0.2, 0.25) is 0 Å². The highest BCUT2D eigenvalue weighted by Crippen LogP contribution is 2.67. The van der Waals surface area contributed by atoms with Gasteiger partial charge in [0.05, 0.1) is 0 Å². The molecule has 0 amide bonds. The zero-order chi connectivity index (χ0) is 17.3. The number of carbonyl (C=O) groups is 1. The molecule has 3 fully saturated rings. The summed E-state index contributed by atoms with van der Waals surface area (Å²) in [6.45, 7) is 4.17. The number of allylic oxidation sites excluding steroid dienone is 1. The number of terminal acetylenes is 1. The summed E-state index contributed by atoms with van der Waals surface area (Å²) in [4.78, 5) is 11.8. The predicted octanol–water partition coefficient (Wildman–Crippen LogP) is 3.83. The fourth-order valence-electron chi connectivity index (χ4n) is 6.86. The minimum absolute atomic E-state index is 0.0381. The third-order valence-electron chi connectivity index (χ3n) is 8.25. The van der Waals surface area contributed by atoms with Crippen LogP contribution < -0.4 is 0 Å². The Hall–Kier alpha value is -1.14. The quantitative estimate of drug-likeness (QED) is 0.685. The molecule has 0 aromatic rings. The van der Waals surface area contributed by atoms with Gasteiger partial charge in [-0.15, -0.1) is 6.42 Å². The van der Waals surface area contributed by atoms with Crippen LogP contribution in [0.4, 0.5) is 4.39 Å². The number of carbonyl (C=O) groups excluding carboxylic acids is 1. The summed E-state index contributed by atoms with van der Waals surface area (Å²) in [7, 11) is 0. The summed E-state index contributed by atoms with van der Waals surface area (Å²) in [5.74, 6) is 3.30. The molecule has 0 aromatic carbocycles. The van der Waals surface area contributed by atoms with Crippen molar-refractivity contribution >= 4 is 5.78 Å². The molecule has 0 saturated heterocycles. The highest BCUT2D eigenvalue weighted by atomic mass is 19.1. The molecule has 0 aromatic heterocycles. The van der Waals surface area contributed by atoms with Crippen LogP contribution in [0.1, 0.15) is 58.8 Å². The lowest BCUT2D eigenvalue weighted by atomic mass is 9.46. The number of hydrogen-bond donors (Lipinski definition) is 1. The number of alkyl halides is 1. The summed E-state index contributed by atoms with van der Waals surface area (Å²) in [5, 5.41) is 10.9. The van der Waals surface area contributed by atoms with Gasteiger partial charge in [-0.1, -0.05) is 25.3 Å². The maximum absolute atomic E-state index is 15.5. The molecule has 4 aliphatic rings. The van der Waals surface area contributed by atoms with Gasteiger partial charge in [-0.05, 0) is 61.9 Å². The second-order valence-corrected chi connectivity index (χ2v) is 9.07. The highest BCUT2D eigenvalue weighted by Gasteiger charge is 2.66. The first-order chi connectivity index (χ1) is 11.2. The molecule has 0 spiro atoms. The summed E-state index contributed by atoms with van der Waals surface area (Å²) in [5.41, 5.74) is -0.734. The summed E-state index contributed by atoms with van der Waals surface area (Å²) >= 11 is 0. The Bertz CT molecular complexity index is 661. The van der Waals surface area contributed by atoms with E-state index in [0.29, 0.717) is 19.3 Å². The van der Waals surface area contributed by atoms with E-state index in [9.17, 15) is 9.90 Å². The Morgan fingerprint density at radius 3 is 2.75 bits per heavy atom. The molecule has 130 valence electrons. The van der Waals surface area contributed by atoms with Gasteiger partial charge in [0.25, 0.3) is 0 Å². The van der Waals surface area contributed by atoms with E-state index in [1.807, 2.05) is 6.92 Å². The smallest absolute Gasteiger partial charge is 0.155 e. The second kappa shape index (κ2) is 4.94. The van der Waals surface area contributed by atoms with Crippen molar-refractivity contribution in [1.82, 2.24) is 0 Å².